The number of aromatic nitrogens is 1. The molecule has 0 fully saturated rings. The Kier molecular flexibility index (Phi) is 4.96. The second-order valence-electron chi connectivity index (χ2n) is 5.36. The first-order chi connectivity index (χ1) is 11.9. The van der Waals surface area contributed by atoms with Gasteiger partial charge in [-0.05, 0) is 36.4 Å². The average molecular weight is 380 g/mol. The van der Waals surface area contributed by atoms with Gasteiger partial charge in [-0.15, -0.1) is 0 Å². The van der Waals surface area contributed by atoms with E-state index in [-0.39, 0.29) is 25.3 Å². The van der Waals surface area contributed by atoms with Crippen molar-refractivity contribution in [3.8, 4) is 17.2 Å². The topological polar surface area (TPSA) is 92.7 Å². The molecule has 0 aliphatic heterocycles. The van der Waals surface area contributed by atoms with Crippen molar-refractivity contribution in [2.24, 2.45) is 0 Å². The number of hydrogen-bond acceptors (Lipinski definition) is 5. The highest BCUT2D eigenvalue weighted by Gasteiger charge is 2.17. The molecule has 1 aromatic carbocycles. The number of carboxylic acid groups (broad SMARTS) is 1. The van der Waals surface area contributed by atoms with Gasteiger partial charge in [0.2, 0.25) is 5.88 Å². The fourth-order valence-corrected chi connectivity index (χ4v) is 3.40. The van der Waals surface area contributed by atoms with Crippen LogP contribution < -0.4 is 4.87 Å². The van der Waals surface area contributed by atoms with Crippen LogP contribution >= 0.6 is 22.9 Å². The number of benzene rings is 1. The van der Waals surface area contributed by atoms with Gasteiger partial charge in [0.15, 0.2) is 0 Å². The Morgan fingerprint density at radius 1 is 1.20 bits per heavy atom. The normalized spacial score (nSPS) is 10.9. The molecule has 3 aromatic rings. The molecule has 2 aromatic heterocycles. The lowest BCUT2D eigenvalue weighted by Crippen LogP contribution is -2.14. The first kappa shape index (κ1) is 17.3. The van der Waals surface area contributed by atoms with Gasteiger partial charge in [-0.3, -0.25) is 14.2 Å². The predicted molar refractivity (Wildman–Crippen MR) is 94.5 cm³/mol. The molecule has 3 rings (SSSR count). The molecule has 0 aliphatic carbocycles. The number of aliphatic carboxylic acids is 1. The largest absolute Gasteiger partial charge is 0.494 e. The second-order valence-corrected chi connectivity index (χ2v) is 6.84. The third-order valence-corrected chi connectivity index (χ3v) is 4.83. The van der Waals surface area contributed by atoms with Gasteiger partial charge in [0.25, 0.3) is 0 Å². The Morgan fingerprint density at radius 2 is 1.92 bits per heavy atom. The van der Waals surface area contributed by atoms with Crippen LogP contribution in [0.25, 0.3) is 11.3 Å². The van der Waals surface area contributed by atoms with Crippen molar-refractivity contribution in [1.29, 1.82) is 0 Å². The van der Waals surface area contributed by atoms with Crippen LogP contribution in [0.1, 0.15) is 17.1 Å². The molecule has 130 valence electrons. The summed E-state index contributed by atoms with van der Waals surface area (Å²) in [5.74, 6) is 0.00841. The van der Waals surface area contributed by atoms with E-state index in [0.29, 0.717) is 21.4 Å². The van der Waals surface area contributed by atoms with Crippen molar-refractivity contribution in [1.82, 2.24) is 4.57 Å². The lowest BCUT2D eigenvalue weighted by atomic mass is 10.2. The summed E-state index contributed by atoms with van der Waals surface area (Å²) < 4.78 is 6.83. The number of hydrogen-bond donors (Lipinski definition) is 2. The molecular weight excluding hydrogens is 366 g/mol. The minimum Gasteiger partial charge on any atom is -0.494 e. The van der Waals surface area contributed by atoms with E-state index in [0.717, 1.165) is 21.5 Å². The maximum atomic E-state index is 11.9. The summed E-state index contributed by atoms with van der Waals surface area (Å²) in [6.07, 6.45) is 0.0184. The zero-order valence-corrected chi connectivity index (χ0v) is 14.5. The first-order valence-electron chi connectivity index (χ1n) is 7.42. The van der Waals surface area contributed by atoms with E-state index in [4.69, 9.17) is 21.1 Å². The standard InChI is InChI=1S/C17H14ClNO5S/c18-11-3-1-10(2-4-11)13-6-5-12(24-13)9-14-16(22)19(17(23)25-14)8-7-15(20)21/h1-6,22H,7-9H2,(H,20,21). The molecule has 0 amide bonds. The van der Waals surface area contributed by atoms with Crippen LogP contribution in [0.5, 0.6) is 5.88 Å². The van der Waals surface area contributed by atoms with Crippen molar-refractivity contribution >= 4 is 28.9 Å². The summed E-state index contributed by atoms with van der Waals surface area (Å²) in [5.41, 5.74) is 0.868. The van der Waals surface area contributed by atoms with E-state index in [2.05, 4.69) is 0 Å². The Hall–Kier alpha value is -2.51. The van der Waals surface area contributed by atoms with Crippen molar-refractivity contribution in [3.63, 3.8) is 0 Å². The molecule has 0 aliphatic rings. The number of nitrogens with zero attached hydrogens (tertiary/aromatic N) is 1. The molecule has 0 radical (unpaired) electrons. The number of carbonyl (C=O) groups is 1. The quantitative estimate of drug-likeness (QED) is 0.682. The summed E-state index contributed by atoms with van der Waals surface area (Å²) in [5, 5.41) is 19.5. The highest BCUT2D eigenvalue weighted by molar-refractivity contribution is 7.09. The third kappa shape index (κ3) is 3.94. The van der Waals surface area contributed by atoms with Crippen molar-refractivity contribution in [3.05, 3.63) is 61.7 Å². The molecule has 0 saturated heterocycles. The molecule has 0 saturated carbocycles. The molecule has 0 atom stereocenters. The molecule has 0 bridgehead atoms. The summed E-state index contributed by atoms with van der Waals surface area (Å²) in [6, 6.07) is 10.8. The van der Waals surface area contributed by atoms with Crippen molar-refractivity contribution in [2.45, 2.75) is 19.4 Å². The molecule has 2 N–H and O–H groups in total. The van der Waals surface area contributed by atoms with Gasteiger partial charge in [-0.1, -0.05) is 22.9 Å². The van der Waals surface area contributed by atoms with Gasteiger partial charge >= 0.3 is 10.8 Å². The fraction of sp³-hybridized carbons (Fsp3) is 0.176. The van der Waals surface area contributed by atoms with Crippen LogP contribution in [0.4, 0.5) is 0 Å². The van der Waals surface area contributed by atoms with Crippen LogP contribution in [0.3, 0.4) is 0 Å². The van der Waals surface area contributed by atoms with Crippen LogP contribution in [-0.4, -0.2) is 20.7 Å². The maximum Gasteiger partial charge on any atom is 0.310 e. The lowest BCUT2D eigenvalue weighted by molar-refractivity contribution is -0.137. The van der Waals surface area contributed by atoms with Gasteiger partial charge < -0.3 is 14.6 Å². The number of furan rings is 1. The zero-order chi connectivity index (χ0) is 18.0. The van der Waals surface area contributed by atoms with Gasteiger partial charge in [0.05, 0.1) is 11.3 Å². The highest BCUT2D eigenvalue weighted by atomic mass is 35.5. The lowest BCUT2D eigenvalue weighted by Gasteiger charge is -2.01. The van der Waals surface area contributed by atoms with Crippen molar-refractivity contribution in [2.75, 3.05) is 0 Å². The van der Waals surface area contributed by atoms with Crippen LogP contribution in [0, 0.1) is 0 Å². The van der Waals surface area contributed by atoms with E-state index in [1.54, 1.807) is 24.3 Å². The summed E-state index contributed by atoms with van der Waals surface area (Å²) in [7, 11) is 0. The Morgan fingerprint density at radius 3 is 2.60 bits per heavy atom. The van der Waals surface area contributed by atoms with Gasteiger partial charge in [-0.25, -0.2) is 0 Å². The van der Waals surface area contributed by atoms with E-state index in [1.807, 2.05) is 12.1 Å². The molecule has 0 unspecified atom stereocenters. The molecule has 6 nitrogen and oxygen atoms in total. The van der Waals surface area contributed by atoms with E-state index in [9.17, 15) is 14.7 Å². The van der Waals surface area contributed by atoms with Crippen molar-refractivity contribution < 1.29 is 19.4 Å². The monoisotopic (exact) mass is 379 g/mol. The zero-order valence-electron chi connectivity index (χ0n) is 12.9. The molecule has 2 heterocycles. The molecule has 25 heavy (non-hydrogen) atoms. The van der Waals surface area contributed by atoms with E-state index in [1.165, 1.54) is 0 Å². The molecular formula is C17H14ClNO5S. The van der Waals surface area contributed by atoms with Crippen LogP contribution in [0.15, 0.2) is 45.6 Å². The molecule has 8 heteroatoms. The summed E-state index contributed by atoms with van der Waals surface area (Å²) >= 11 is 6.75. The number of aromatic hydroxyl groups is 1. The number of halogens is 1. The van der Waals surface area contributed by atoms with E-state index >= 15 is 0 Å². The highest BCUT2D eigenvalue weighted by Crippen LogP contribution is 2.28. The average Bonchev–Trinajstić information content (AvgIpc) is 3.12. The number of carboxylic acids is 1. The fourth-order valence-electron chi connectivity index (χ4n) is 2.36. The maximum absolute atomic E-state index is 11.9. The number of thiazole rings is 1. The first-order valence-corrected chi connectivity index (χ1v) is 8.61. The smallest absolute Gasteiger partial charge is 0.310 e. The van der Waals surface area contributed by atoms with Gasteiger partial charge in [0.1, 0.15) is 11.5 Å². The Bertz CT molecular complexity index is 954. The van der Waals surface area contributed by atoms with Crippen LogP contribution in [-0.2, 0) is 17.8 Å². The minimum absolute atomic E-state index is 0.0648. The Balaban J connectivity index is 1.79. The van der Waals surface area contributed by atoms with E-state index < -0.39 is 10.8 Å². The summed E-state index contributed by atoms with van der Waals surface area (Å²) in [4.78, 5) is 22.6. The summed E-state index contributed by atoms with van der Waals surface area (Å²) in [6.45, 7) is -0.0648. The molecule has 0 spiro atoms. The van der Waals surface area contributed by atoms with Crippen LogP contribution in [0.2, 0.25) is 5.02 Å². The van der Waals surface area contributed by atoms with Gasteiger partial charge in [-0.2, -0.15) is 0 Å². The second kappa shape index (κ2) is 7.16. The Labute approximate surface area is 151 Å². The third-order valence-electron chi connectivity index (χ3n) is 3.61. The predicted octanol–water partition coefficient (Wildman–Crippen LogP) is 3.59. The number of rotatable bonds is 6. The SMILES string of the molecule is O=C(O)CCn1c(O)c(Cc2ccc(-c3ccc(Cl)cc3)o2)sc1=O. The van der Waals surface area contributed by atoms with Gasteiger partial charge in [0, 0.05) is 23.6 Å². The minimum atomic E-state index is -1.03.